The number of nitrogens with zero attached hydrogens (tertiary/aromatic N) is 1. The largest absolute Gasteiger partial charge is 0.383 e. The first-order chi connectivity index (χ1) is 9.54. The minimum Gasteiger partial charge on any atom is -0.383 e. The van der Waals surface area contributed by atoms with Crippen molar-refractivity contribution >= 4 is 23.3 Å². The molecule has 0 radical (unpaired) electrons. The lowest BCUT2D eigenvalue weighted by Crippen LogP contribution is -2.44. The van der Waals surface area contributed by atoms with Gasteiger partial charge in [0.2, 0.25) is 5.91 Å². The first-order valence-corrected chi connectivity index (χ1v) is 6.28. The van der Waals surface area contributed by atoms with E-state index < -0.39 is 11.7 Å². The van der Waals surface area contributed by atoms with Crippen LogP contribution >= 0.6 is 0 Å². The lowest BCUT2D eigenvalue weighted by Gasteiger charge is -2.18. The number of methoxy groups -OCH3 is 1. The Morgan fingerprint density at radius 1 is 1.35 bits per heavy atom. The summed E-state index contributed by atoms with van der Waals surface area (Å²) in [5.74, 6) is -1.56. The Kier molecular flexibility index (Phi) is 4.14. The van der Waals surface area contributed by atoms with Crippen LogP contribution in [-0.4, -0.2) is 43.9 Å². The minimum atomic E-state index is -0.666. The number of benzene rings is 1. The molecule has 1 aliphatic rings. The van der Waals surface area contributed by atoms with E-state index in [1.54, 1.807) is 38.3 Å². The summed E-state index contributed by atoms with van der Waals surface area (Å²) >= 11 is 0. The lowest BCUT2D eigenvalue weighted by atomic mass is 10.1. The van der Waals surface area contributed by atoms with Crippen molar-refractivity contribution in [3.8, 4) is 0 Å². The van der Waals surface area contributed by atoms with Gasteiger partial charge in [0.25, 0.3) is 11.7 Å². The third-order valence-corrected chi connectivity index (χ3v) is 3.00. The molecule has 0 spiro atoms. The standard InChI is InChI=1S/C14H16N2O4/c1-9(8-20-2)15-12(17)7-16-11-6-4-3-5-10(11)13(18)14(16)19/h3-6,9H,7-8H2,1-2H3,(H,15,17). The number of hydrogen-bond donors (Lipinski definition) is 1. The van der Waals surface area contributed by atoms with Crippen molar-refractivity contribution in [3.63, 3.8) is 0 Å². The van der Waals surface area contributed by atoms with Crippen LogP contribution in [0.2, 0.25) is 0 Å². The molecule has 1 unspecified atom stereocenters. The molecule has 1 N–H and O–H groups in total. The van der Waals surface area contributed by atoms with Crippen LogP contribution in [0.5, 0.6) is 0 Å². The normalized spacial score (nSPS) is 15.2. The lowest BCUT2D eigenvalue weighted by molar-refractivity contribution is -0.122. The molecule has 0 saturated heterocycles. The van der Waals surface area contributed by atoms with E-state index >= 15 is 0 Å². The molecular formula is C14H16N2O4. The number of ether oxygens (including phenoxy) is 1. The smallest absolute Gasteiger partial charge is 0.299 e. The van der Waals surface area contributed by atoms with Crippen LogP contribution < -0.4 is 10.2 Å². The van der Waals surface area contributed by atoms with Crippen molar-refractivity contribution in [1.82, 2.24) is 5.32 Å². The summed E-state index contributed by atoms with van der Waals surface area (Å²) in [5, 5.41) is 2.70. The van der Waals surface area contributed by atoms with Gasteiger partial charge in [-0.1, -0.05) is 12.1 Å². The van der Waals surface area contributed by atoms with Gasteiger partial charge in [-0.2, -0.15) is 0 Å². The average molecular weight is 276 g/mol. The molecule has 0 bridgehead atoms. The third-order valence-electron chi connectivity index (χ3n) is 3.00. The number of nitrogens with one attached hydrogen (secondary N) is 1. The van der Waals surface area contributed by atoms with Gasteiger partial charge in [0.15, 0.2) is 0 Å². The molecule has 1 aliphatic heterocycles. The molecule has 1 aromatic carbocycles. The summed E-state index contributed by atoms with van der Waals surface area (Å²) in [4.78, 5) is 36.7. The van der Waals surface area contributed by atoms with Gasteiger partial charge in [-0.05, 0) is 19.1 Å². The van der Waals surface area contributed by atoms with Gasteiger partial charge in [0.05, 0.1) is 17.9 Å². The predicted molar refractivity (Wildman–Crippen MR) is 72.6 cm³/mol. The van der Waals surface area contributed by atoms with E-state index in [1.807, 2.05) is 0 Å². The first-order valence-electron chi connectivity index (χ1n) is 6.28. The molecule has 6 heteroatoms. The zero-order valence-electron chi connectivity index (χ0n) is 11.4. The summed E-state index contributed by atoms with van der Waals surface area (Å²) in [7, 11) is 1.54. The van der Waals surface area contributed by atoms with Gasteiger partial charge < -0.3 is 10.1 Å². The molecule has 2 amide bonds. The molecular weight excluding hydrogens is 260 g/mol. The molecule has 1 atom stereocenters. The number of amides is 2. The highest BCUT2D eigenvalue weighted by molar-refractivity contribution is 6.52. The quantitative estimate of drug-likeness (QED) is 0.788. The van der Waals surface area contributed by atoms with E-state index in [0.29, 0.717) is 17.9 Å². The highest BCUT2D eigenvalue weighted by Gasteiger charge is 2.36. The van der Waals surface area contributed by atoms with Gasteiger partial charge in [-0.25, -0.2) is 0 Å². The molecule has 6 nitrogen and oxygen atoms in total. The second-order valence-electron chi connectivity index (χ2n) is 4.66. The Morgan fingerprint density at radius 2 is 2.05 bits per heavy atom. The fourth-order valence-electron chi connectivity index (χ4n) is 2.16. The Balaban J connectivity index is 2.08. The number of rotatable bonds is 5. The third kappa shape index (κ3) is 2.70. The van der Waals surface area contributed by atoms with Crippen LogP contribution in [0.1, 0.15) is 17.3 Å². The first kappa shape index (κ1) is 14.2. The fraction of sp³-hybridized carbons (Fsp3) is 0.357. The summed E-state index contributed by atoms with van der Waals surface area (Å²) < 4.78 is 4.92. The highest BCUT2D eigenvalue weighted by Crippen LogP contribution is 2.27. The summed E-state index contributed by atoms with van der Waals surface area (Å²) in [6, 6.07) is 6.50. The van der Waals surface area contributed by atoms with Crippen LogP contribution in [0, 0.1) is 0 Å². The monoisotopic (exact) mass is 276 g/mol. The molecule has 0 saturated carbocycles. The maximum absolute atomic E-state index is 11.9. The maximum atomic E-state index is 11.9. The number of fused-ring (bicyclic) bond motifs is 1. The number of carbonyl (C=O) groups excluding carboxylic acids is 3. The van der Waals surface area contributed by atoms with Crippen molar-refractivity contribution in [3.05, 3.63) is 29.8 Å². The van der Waals surface area contributed by atoms with Gasteiger partial charge in [-0.3, -0.25) is 19.3 Å². The topological polar surface area (TPSA) is 75.7 Å². The molecule has 1 aromatic rings. The minimum absolute atomic E-state index is 0.156. The van der Waals surface area contributed by atoms with Gasteiger partial charge >= 0.3 is 0 Å². The summed E-state index contributed by atoms with van der Waals surface area (Å²) in [5.41, 5.74) is 0.826. The highest BCUT2D eigenvalue weighted by atomic mass is 16.5. The average Bonchev–Trinajstić information content (AvgIpc) is 2.65. The Hall–Kier alpha value is -2.21. The van der Waals surface area contributed by atoms with Crippen molar-refractivity contribution in [2.24, 2.45) is 0 Å². The van der Waals surface area contributed by atoms with E-state index in [0.717, 1.165) is 0 Å². The Labute approximate surface area is 116 Å². The fourth-order valence-corrected chi connectivity index (χ4v) is 2.16. The van der Waals surface area contributed by atoms with E-state index in [1.165, 1.54) is 4.90 Å². The van der Waals surface area contributed by atoms with E-state index in [9.17, 15) is 14.4 Å². The van der Waals surface area contributed by atoms with Crippen molar-refractivity contribution in [1.29, 1.82) is 0 Å². The van der Waals surface area contributed by atoms with Crippen molar-refractivity contribution in [2.45, 2.75) is 13.0 Å². The number of anilines is 1. The Bertz CT molecular complexity index is 556. The number of hydrogen-bond acceptors (Lipinski definition) is 4. The number of carbonyl (C=O) groups is 3. The number of Topliss-reactive ketones (excluding diaryl/α,β-unsaturated/α-hetero) is 1. The van der Waals surface area contributed by atoms with E-state index in [2.05, 4.69) is 5.32 Å². The molecule has 0 aromatic heterocycles. The molecule has 2 rings (SSSR count). The van der Waals surface area contributed by atoms with Crippen LogP contribution in [0.25, 0.3) is 0 Å². The van der Waals surface area contributed by atoms with E-state index in [-0.39, 0.29) is 18.5 Å². The summed E-state index contributed by atoms with van der Waals surface area (Å²) in [6.45, 7) is 2.01. The molecule has 106 valence electrons. The molecule has 1 heterocycles. The van der Waals surface area contributed by atoms with E-state index in [4.69, 9.17) is 4.74 Å². The Morgan fingerprint density at radius 3 is 2.75 bits per heavy atom. The second kappa shape index (κ2) is 5.83. The number of para-hydroxylation sites is 1. The zero-order valence-corrected chi connectivity index (χ0v) is 11.4. The molecule has 0 fully saturated rings. The van der Waals surface area contributed by atoms with Crippen LogP contribution in [0.15, 0.2) is 24.3 Å². The zero-order chi connectivity index (χ0) is 14.7. The van der Waals surface area contributed by atoms with Gasteiger partial charge in [0.1, 0.15) is 6.54 Å². The second-order valence-corrected chi connectivity index (χ2v) is 4.66. The maximum Gasteiger partial charge on any atom is 0.299 e. The SMILES string of the molecule is COCC(C)NC(=O)CN1C(=O)C(=O)c2ccccc21. The number of ketones is 1. The van der Waals surface area contributed by atoms with Crippen molar-refractivity contribution in [2.75, 3.05) is 25.2 Å². The van der Waals surface area contributed by atoms with Crippen LogP contribution in [0.4, 0.5) is 5.69 Å². The molecule has 20 heavy (non-hydrogen) atoms. The predicted octanol–water partition coefficient (Wildman–Crippen LogP) is 0.367. The molecule has 0 aliphatic carbocycles. The van der Waals surface area contributed by atoms with Gasteiger partial charge in [-0.15, -0.1) is 0 Å². The van der Waals surface area contributed by atoms with Crippen molar-refractivity contribution < 1.29 is 19.1 Å². The summed E-state index contributed by atoms with van der Waals surface area (Å²) in [6.07, 6.45) is 0. The van der Waals surface area contributed by atoms with Gasteiger partial charge in [0, 0.05) is 13.2 Å². The van der Waals surface area contributed by atoms with Crippen LogP contribution in [-0.2, 0) is 14.3 Å². The van der Waals surface area contributed by atoms with Crippen LogP contribution in [0.3, 0.4) is 0 Å².